The van der Waals surface area contributed by atoms with Crippen LogP contribution < -0.4 is 4.74 Å². The highest BCUT2D eigenvalue weighted by molar-refractivity contribution is 5.05. The summed E-state index contributed by atoms with van der Waals surface area (Å²) in [6.07, 6.45) is -2.80. The van der Waals surface area contributed by atoms with Crippen LogP contribution in [0.15, 0.2) is 12.3 Å². The number of halogens is 3. The third kappa shape index (κ3) is 2.81. The first-order valence-electron chi connectivity index (χ1n) is 3.16. The summed E-state index contributed by atoms with van der Waals surface area (Å²) in [6.45, 7) is -1.30. The van der Waals surface area contributed by atoms with E-state index < -0.39 is 12.8 Å². The summed E-state index contributed by atoms with van der Waals surface area (Å²) in [5.41, 5.74) is 0. The molecular weight excluding hydrogens is 173 g/mol. The Hall–Kier alpha value is -1.20. The minimum Gasteiger partial charge on any atom is -0.467 e. The van der Waals surface area contributed by atoms with Crippen molar-refractivity contribution < 1.29 is 17.9 Å². The van der Waals surface area contributed by atoms with E-state index in [1.807, 2.05) is 0 Å². The Balaban J connectivity index is 2.44. The molecule has 1 aromatic heterocycles. The maximum Gasteiger partial charge on any atom is 0.422 e. The summed E-state index contributed by atoms with van der Waals surface area (Å²) in [7, 11) is 1.60. The fourth-order valence-electron chi connectivity index (χ4n) is 0.627. The summed E-state index contributed by atoms with van der Waals surface area (Å²) in [5, 5.41) is 3.61. The molecular formula is C6H7F3N2O. The van der Waals surface area contributed by atoms with E-state index in [9.17, 15) is 13.2 Å². The summed E-state index contributed by atoms with van der Waals surface area (Å²) in [4.78, 5) is 0. The quantitative estimate of drug-likeness (QED) is 0.687. The molecule has 0 spiro atoms. The van der Waals surface area contributed by atoms with E-state index in [2.05, 4.69) is 9.84 Å². The van der Waals surface area contributed by atoms with Gasteiger partial charge in [0.1, 0.15) is 0 Å². The van der Waals surface area contributed by atoms with Gasteiger partial charge >= 0.3 is 6.18 Å². The van der Waals surface area contributed by atoms with Crippen LogP contribution in [0, 0.1) is 0 Å². The van der Waals surface area contributed by atoms with Gasteiger partial charge in [-0.2, -0.15) is 13.2 Å². The number of nitrogens with zero attached hydrogens (tertiary/aromatic N) is 2. The molecule has 12 heavy (non-hydrogen) atoms. The molecule has 0 fully saturated rings. The Morgan fingerprint density at radius 1 is 1.58 bits per heavy atom. The van der Waals surface area contributed by atoms with E-state index in [0.717, 1.165) is 0 Å². The maximum atomic E-state index is 11.6. The second-order valence-corrected chi connectivity index (χ2v) is 2.23. The summed E-state index contributed by atoms with van der Waals surface area (Å²) in [5.74, 6) is -0.0187. The van der Waals surface area contributed by atoms with Crippen LogP contribution in [0.2, 0.25) is 0 Å². The molecule has 3 nitrogen and oxygen atoms in total. The summed E-state index contributed by atoms with van der Waals surface area (Å²) >= 11 is 0. The minimum atomic E-state index is -4.31. The monoisotopic (exact) mass is 180 g/mol. The molecule has 0 bridgehead atoms. The first-order chi connectivity index (χ1) is 5.47. The third-order valence-electron chi connectivity index (χ3n) is 1.07. The van der Waals surface area contributed by atoms with Crippen LogP contribution in [0.25, 0.3) is 0 Å². The molecule has 1 rings (SSSR count). The van der Waals surface area contributed by atoms with Crippen molar-refractivity contribution in [3.8, 4) is 5.88 Å². The minimum absolute atomic E-state index is 0.0187. The van der Waals surface area contributed by atoms with Crippen molar-refractivity contribution in [1.29, 1.82) is 0 Å². The molecule has 0 aliphatic rings. The van der Waals surface area contributed by atoms with Crippen molar-refractivity contribution in [2.75, 3.05) is 6.61 Å². The Morgan fingerprint density at radius 3 is 2.67 bits per heavy atom. The highest BCUT2D eigenvalue weighted by Crippen LogP contribution is 2.16. The lowest BCUT2D eigenvalue weighted by atomic mass is 10.6. The molecule has 0 atom stereocenters. The molecule has 0 unspecified atom stereocenters. The molecule has 0 N–H and O–H groups in total. The molecule has 1 aromatic rings. The fraction of sp³-hybridized carbons (Fsp3) is 0.500. The second kappa shape index (κ2) is 3.04. The summed E-state index contributed by atoms with van der Waals surface area (Å²) < 4.78 is 40.5. The van der Waals surface area contributed by atoms with Gasteiger partial charge in [0.05, 0.1) is 0 Å². The number of hydrogen-bond donors (Lipinski definition) is 0. The van der Waals surface area contributed by atoms with Crippen molar-refractivity contribution in [2.45, 2.75) is 6.18 Å². The van der Waals surface area contributed by atoms with E-state index in [1.54, 1.807) is 7.05 Å². The zero-order valence-corrected chi connectivity index (χ0v) is 6.30. The zero-order valence-electron chi connectivity index (χ0n) is 6.30. The number of aryl methyl sites for hydroxylation is 1. The highest BCUT2D eigenvalue weighted by atomic mass is 19.4. The first kappa shape index (κ1) is 8.89. The van der Waals surface area contributed by atoms with Gasteiger partial charge in [-0.1, -0.05) is 0 Å². The van der Waals surface area contributed by atoms with Crippen LogP contribution in [-0.2, 0) is 7.05 Å². The van der Waals surface area contributed by atoms with Gasteiger partial charge in [-0.25, -0.2) is 0 Å². The molecule has 0 aliphatic heterocycles. The number of ether oxygens (including phenoxy) is 1. The van der Waals surface area contributed by atoms with E-state index in [-0.39, 0.29) is 5.88 Å². The van der Waals surface area contributed by atoms with Crippen LogP contribution in [0.5, 0.6) is 5.88 Å². The molecule has 68 valence electrons. The van der Waals surface area contributed by atoms with E-state index in [1.165, 1.54) is 16.9 Å². The average Bonchev–Trinajstić information content (AvgIpc) is 2.30. The topological polar surface area (TPSA) is 27.1 Å². The number of rotatable bonds is 2. The molecule has 0 aliphatic carbocycles. The second-order valence-electron chi connectivity index (χ2n) is 2.23. The summed E-state index contributed by atoms with van der Waals surface area (Å²) in [6, 6.07) is 1.37. The lowest BCUT2D eigenvalue weighted by Crippen LogP contribution is -2.19. The average molecular weight is 180 g/mol. The molecule has 0 saturated heterocycles. The lowest BCUT2D eigenvalue weighted by molar-refractivity contribution is -0.154. The zero-order chi connectivity index (χ0) is 9.19. The SMILES string of the molecule is Cn1ccc(OCC(F)(F)F)n1. The van der Waals surface area contributed by atoms with Crippen LogP contribution in [-0.4, -0.2) is 22.6 Å². The predicted octanol–water partition coefficient (Wildman–Crippen LogP) is 1.36. The Labute approximate surface area is 66.7 Å². The molecule has 1 heterocycles. The van der Waals surface area contributed by atoms with Crippen LogP contribution >= 0.6 is 0 Å². The van der Waals surface area contributed by atoms with Crippen LogP contribution in [0.3, 0.4) is 0 Å². The molecule has 0 amide bonds. The largest absolute Gasteiger partial charge is 0.467 e. The van der Waals surface area contributed by atoms with Crippen LogP contribution in [0.4, 0.5) is 13.2 Å². The van der Waals surface area contributed by atoms with Gasteiger partial charge in [-0.3, -0.25) is 4.68 Å². The predicted molar refractivity (Wildman–Crippen MR) is 34.8 cm³/mol. The van der Waals surface area contributed by atoms with Crippen molar-refractivity contribution in [2.24, 2.45) is 7.05 Å². The van der Waals surface area contributed by atoms with E-state index >= 15 is 0 Å². The Morgan fingerprint density at radius 2 is 2.25 bits per heavy atom. The van der Waals surface area contributed by atoms with Crippen LogP contribution in [0.1, 0.15) is 0 Å². The van der Waals surface area contributed by atoms with Gasteiger partial charge in [-0.15, -0.1) is 5.10 Å². The molecule has 0 aromatic carbocycles. The molecule has 0 radical (unpaired) electrons. The lowest BCUT2D eigenvalue weighted by Gasteiger charge is -2.05. The van der Waals surface area contributed by atoms with E-state index in [4.69, 9.17) is 0 Å². The van der Waals surface area contributed by atoms with Crippen molar-refractivity contribution >= 4 is 0 Å². The first-order valence-corrected chi connectivity index (χ1v) is 3.16. The number of hydrogen-bond acceptors (Lipinski definition) is 2. The van der Waals surface area contributed by atoms with Gasteiger partial charge in [0, 0.05) is 19.3 Å². The van der Waals surface area contributed by atoms with Gasteiger partial charge in [-0.05, 0) is 0 Å². The standard InChI is InChI=1S/C6H7F3N2O/c1-11-3-2-5(10-11)12-4-6(7,8)9/h2-3H,4H2,1H3. The van der Waals surface area contributed by atoms with Gasteiger partial charge in [0.25, 0.3) is 0 Å². The van der Waals surface area contributed by atoms with Gasteiger partial charge in [0.2, 0.25) is 5.88 Å². The molecule has 0 saturated carbocycles. The maximum absolute atomic E-state index is 11.6. The van der Waals surface area contributed by atoms with Gasteiger partial charge in [0.15, 0.2) is 6.61 Å². The fourth-order valence-corrected chi connectivity index (χ4v) is 0.627. The normalized spacial score (nSPS) is 11.7. The van der Waals surface area contributed by atoms with Crippen molar-refractivity contribution in [3.63, 3.8) is 0 Å². The third-order valence-corrected chi connectivity index (χ3v) is 1.07. The number of alkyl halides is 3. The Kier molecular flexibility index (Phi) is 2.25. The highest BCUT2D eigenvalue weighted by Gasteiger charge is 2.28. The van der Waals surface area contributed by atoms with Crippen molar-refractivity contribution in [1.82, 2.24) is 9.78 Å². The van der Waals surface area contributed by atoms with Crippen molar-refractivity contribution in [3.05, 3.63) is 12.3 Å². The van der Waals surface area contributed by atoms with E-state index in [0.29, 0.717) is 0 Å². The molecule has 6 heteroatoms. The van der Waals surface area contributed by atoms with Gasteiger partial charge < -0.3 is 4.74 Å². The smallest absolute Gasteiger partial charge is 0.422 e. The Bertz CT molecular complexity index is 256. The number of aromatic nitrogens is 2.